The molecular formula is C13H23N3O. The molecule has 0 amide bonds. The average Bonchev–Trinajstić information content (AvgIpc) is 2.37. The Labute approximate surface area is 104 Å². The van der Waals surface area contributed by atoms with Crippen molar-refractivity contribution in [1.29, 1.82) is 0 Å². The first-order valence-corrected chi connectivity index (χ1v) is 6.10. The molecular weight excluding hydrogens is 214 g/mol. The Balaban J connectivity index is 1.97. The average molecular weight is 237 g/mol. The van der Waals surface area contributed by atoms with Gasteiger partial charge in [0.25, 0.3) is 0 Å². The largest absolute Gasteiger partial charge is 0.383 e. The molecule has 0 aromatic carbocycles. The van der Waals surface area contributed by atoms with Gasteiger partial charge in [0.05, 0.1) is 6.61 Å². The smallest absolute Gasteiger partial charge is 0.0589 e. The fraction of sp³-hybridized carbons (Fsp3) is 0.615. The highest BCUT2D eigenvalue weighted by molar-refractivity contribution is 5.08. The topological polar surface area (TPSA) is 37.4 Å². The van der Waals surface area contributed by atoms with Crippen LogP contribution in [0.15, 0.2) is 24.5 Å². The van der Waals surface area contributed by atoms with Crippen molar-refractivity contribution >= 4 is 0 Å². The molecule has 1 aromatic heterocycles. The fourth-order valence-corrected chi connectivity index (χ4v) is 1.53. The zero-order valence-electron chi connectivity index (χ0n) is 10.9. The van der Waals surface area contributed by atoms with Crippen molar-refractivity contribution in [2.75, 3.05) is 46.9 Å². The molecule has 0 spiro atoms. The Kier molecular flexibility index (Phi) is 7.54. The number of rotatable bonds is 9. The van der Waals surface area contributed by atoms with E-state index in [1.165, 1.54) is 5.56 Å². The van der Waals surface area contributed by atoms with Crippen LogP contribution < -0.4 is 5.32 Å². The summed E-state index contributed by atoms with van der Waals surface area (Å²) in [6, 6.07) is 4.09. The maximum atomic E-state index is 5.03. The minimum absolute atomic E-state index is 0.798. The van der Waals surface area contributed by atoms with E-state index in [2.05, 4.69) is 28.3 Å². The summed E-state index contributed by atoms with van der Waals surface area (Å²) in [6.07, 6.45) is 4.77. The highest BCUT2D eigenvalue weighted by atomic mass is 16.5. The Bertz CT molecular complexity index is 279. The molecule has 17 heavy (non-hydrogen) atoms. The van der Waals surface area contributed by atoms with Gasteiger partial charge in [-0.25, -0.2) is 0 Å². The molecule has 0 fully saturated rings. The van der Waals surface area contributed by atoms with Crippen LogP contribution in [0.5, 0.6) is 0 Å². The molecule has 0 saturated carbocycles. The third-order valence-electron chi connectivity index (χ3n) is 2.66. The zero-order chi connectivity index (χ0) is 12.3. The van der Waals surface area contributed by atoms with E-state index in [1.54, 1.807) is 7.11 Å². The van der Waals surface area contributed by atoms with Gasteiger partial charge in [0.2, 0.25) is 0 Å². The summed E-state index contributed by atoms with van der Waals surface area (Å²) >= 11 is 0. The van der Waals surface area contributed by atoms with Crippen molar-refractivity contribution in [3.8, 4) is 0 Å². The molecule has 0 aliphatic heterocycles. The highest BCUT2D eigenvalue weighted by Crippen LogP contribution is 1.95. The lowest BCUT2D eigenvalue weighted by atomic mass is 10.2. The molecule has 0 radical (unpaired) electrons. The summed E-state index contributed by atoms with van der Waals surface area (Å²) in [5.74, 6) is 0. The fourth-order valence-electron chi connectivity index (χ4n) is 1.53. The second kappa shape index (κ2) is 9.10. The van der Waals surface area contributed by atoms with Gasteiger partial charge in [-0.15, -0.1) is 0 Å². The summed E-state index contributed by atoms with van der Waals surface area (Å²) in [6.45, 7) is 4.85. The Morgan fingerprint density at radius 3 is 2.94 bits per heavy atom. The first-order chi connectivity index (χ1) is 8.33. The van der Waals surface area contributed by atoms with E-state index in [4.69, 9.17) is 4.74 Å². The van der Waals surface area contributed by atoms with Gasteiger partial charge in [0, 0.05) is 39.1 Å². The molecule has 1 heterocycles. The minimum atomic E-state index is 0.798. The van der Waals surface area contributed by atoms with Crippen LogP contribution in [0.2, 0.25) is 0 Å². The minimum Gasteiger partial charge on any atom is -0.383 e. The number of ether oxygens (including phenoxy) is 1. The van der Waals surface area contributed by atoms with Gasteiger partial charge >= 0.3 is 0 Å². The predicted octanol–water partition coefficient (Wildman–Crippen LogP) is 0.792. The van der Waals surface area contributed by atoms with Crippen molar-refractivity contribution < 1.29 is 4.74 Å². The van der Waals surface area contributed by atoms with E-state index < -0.39 is 0 Å². The molecule has 4 heteroatoms. The summed E-state index contributed by atoms with van der Waals surface area (Å²) in [5, 5.41) is 3.43. The van der Waals surface area contributed by atoms with Crippen LogP contribution in [0.3, 0.4) is 0 Å². The Morgan fingerprint density at radius 1 is 1.35 bits per heavy atom. The van der Waals surface area contributed by atoms with Gasteiger partial charge in [-0.05, 0) is 31.6 Å². The van der Waals surface area contributed by atoms with Crippen LogP contribution in [0.25, 0.3) is 0 Å². The number of likely N-dealkylation sites (N-methyl/N-ethyl adjacent to an activating group) is 1. The number of pyridine rings is 1. The normalized spacial score (nSPS) is 11.0. The van der Waals surface area contributed by atoms with Gasteiger partial charge in [-0.1, -0.05) is 6.07 Å². The molecule has 4 nitrogen and oxygen atoms in total. The highest BCUT2D eigenvalue weighted by Gasteiger charge is 1.97. The lowest BCUT2D eigenvalue weighted by Crippen LogP contribution is -2.32. The zero-order valence-corrected chi connectivity index (χ0v) is 10.9. The van der Waals surface area contributed by atoms with Gasteiger partial charge in [0.1, 0.15) is 0 Å². The van der Waals surface area contributed by atoms with Crippen molar-refractivity contribution in [1.82, 2.24) is 15.2 Å². The van der Waals surface area contributed by atoms with Gasteiger partial charge < -0.3 is 15.0 Å². The predicted molar refractivity (Wildman–Crippen MR) is 70.2 cm³/mol. The van der Waals surface area contributed by atoms with Crippen molar-refractivity contribution in [3.05, 3.63) is 30.1 Å². The maximum Gasteiger partial charge on any atom is 0.0589 e. The quantitative estimate of drug-likeness (QED) is 0.644. The Morgan fingerprint density at radius 2 is 2.24 bits per heavy atom. The van der Waals surface area contributed by atoms with Crippen LogP contribution >= 0.6 is 0 Å². The number of hydrogen-bond acceptors (Lipinski definition) is 4. The summed E-state index contributed by atoms with van der Waals surface area (Å²) in [5.41, 5.74) is 1.28. The van der Waals surface area contributed by atoms with Crippen LogP contribution in [-0.2, 0) is 11.2 Å². The van der Waals surface area contributed by atoms with Crippen molar-refractivity contribution in [3.63, 3.8) is 0 Å². The SMILES string of the molecule is COCCN(C)CCNCCc1cccnc1. The first kappa shape index (κ1) is 14.1. The van der Waals surface area contributed by atoms with E-state index in [1.807, 2.05) is 18.5 Å². The number of nitrogens with one attached hydrogen (secondary N) is 1. The van der Waals surface area contributed by atoms with E-state index >= 15 is 0 Å². The second-order valence-corrected chi connectivity index (χ2v) is 4.16. The third kappa shape index (κ3) is 7.05. The molecule has 1 rings (SSSR count). The second-order valence-electron chi connectivity index (χ2n) is 4.16. The monoisotopic (exact) mass is 237 g/mol. The number of methoxy groups -OCH3 is 1. The van der Waals surface area contributed by atoms with Gasteiger partial charge in [0.15, 0.2) is 0 Å². The number of nitrogens with zero attached hydrogens (tertiary/aromatic N) is 2. The van der Waals surface area contributed by atoms with Gasteiger partial charge in [-0.3, -0.25) is 4.98 Å². The van der Waals surface area contributed by atoms with E-state index in [0.717, 1.165) is 39.2 Å². The summed E-state index contributed by atoms with van der Waals surface area (Å²) in [7, 11) is 3.85. The van der Waals surface area contributed by atoms with E-state index in [0.29, 0.717) is 0 Å². The standard InChI is InChI=1S/C13H23N3O/c1-16(10-11-17-2)9-8-14-7-5-13-4-3-6-15-12-13/h3-4,6,12,14H,5,7-11H2,1-2H3. The van der Waals surface area contributed by atoms with Crippen molar-refractivity contribution in [2.24, 2.45) is 0 Å². The molecule has 1 N–H and O–H groups in total. The molecule has 0 saturated heterocycles. The summed E-state index contributed by atoms with van der Waals surface area (Å²) in [4.78, 5) is 6.36. The summed E-state index contributed by atoms with van der Waals surface area (Å²) < 4.78 is 5.03. The van der Waals surface area contributed by atoms with E-state index in [-0.39, 0.29) is 0 Å². The molecule has 0 aliphatic carbocycles. The maximum absolute atomic E-state index is 5.03. The van der Waals surface area contributed by atoms with Crippen LogP contribution in [0, 0.1) is 0 Å². The van der Waals surface area contributed by atoms with Gasteiger partial charge in [-0.2, -0.15) is 0 Å². The van der Waals surface area contributed by atoms with Crippen LogP contribution in [0.1, 0.15) is 5.56 Å². The van der Waals surface area contributed by atoms with Crippen LogP contribution in [0.4, 0.5) is 0 Å². The lowest BCUT2D eigenvalue weighted by Gasteiger charge is -2.16. The number of hydrogen-bond donors (Lipinski definition) is 1. The molecule has 0 atom stereocenters. The van der Waals surface area contributed by atoms with Crippen molar-refractivity contribution in [2.45, 2.75) is 6.42 Å². The third-order valence-corrected chi connectivity index (χ3v) is 2.66. The van der Waals surface area contributed by atoms with E-state index in [9.17, 15) is 0 Å². The molecule has 96 valence electrons. The molecule has 0 unspecified atom stereocenters. The number of aromatic nitrogens is 1. The van der Waals surface area contributed by atoms with Crippen LogP contribution in [-0.4, -0.2) is 56.8 Å². The lowest BCUT2D eigenvalue weighted by molar-refractivity contribution is 0.161. The first-order valence-electron chi connectivity index (χ1n) is 6.10. The molecule has 0 bridgehead atoms. The molecule has 0 aliphatic rings. The Hall–Kier alpha value is -0.970. The molecule has 1 aromatic rings.